The summed E-state index contributed by atoms with van der Waals surface area (Å²) in [5.41, 5.74) is 0.583. The van der Waals surface area contributed by atoms with Gasteiger partial charge in [-0.1, -0.05) is 73.8 Å². The predicted molar refractivity (Wildman–Crippen MR) is 93.3 cm³/mol. The number of hydrogen-bond donors (Lipinski definition) is 0. The zero-order chi connectivity index (χ0) is 16.3. The molecule has 0 unspecified atom stereocenters. The first-order chi connectivity index (χ1) is 10.4. The monoisotopic (exact) mass is 445 g/mol. The van der Waals surface area contributed by atoms with E-state index in [1.54, 1.807) is 24.3 Å². The van der Waals surface area contributed by atoms with Crippen LogP contribution in [0.4, 0.5) is 5.69 Å². The molecule has 0 aliphatic heterocycles. The predicted octanol–water partition coefficient (Wildman–Crippen LogP) is 5.33. The molecule has 22 heavy (non-hydrogen) atoms. The SMILES string of the molecule is O=C(c1ccccc1[N+](=O)[O-])[C@@H](Br)[C@H](Br)c1ccccc1Cl. The van der Waals surface area contributed by atoms with E-state index in [4.69, 9.17) is 11.6 Å². The van der Waals surface area contributed by atoms with Gasteiger partial charge in [-0.15, -0.1) is 0 Å². The topological polar surface area (TPSA) is 60.2 Å². The molecule has 0 bridgehead atoms. The lowest BCUT2D eigenvalue weighted by atomic mass is 10.0. The van der Waals surface area contributed by atoms with E-state index in [-0.39, 0.29) is 17.0 Å². The van der Waals surface area contributed by atoms with Gasteiger partial charge in [0.25, 0.3) is 5.69 Å². The molecule has 114 valence electrons. The summed E-state index contributed by atoms with van der Waals surface area (Å²) in [7, 11) is 0. The second kappa shape index (κ2) is 7.35. The van der Waals surface area contributed by atoms with Gasteiger partial charge in [0.2, 0.25) is 0 Å². The Bertz CT molecular complexity index is 723. The average Bonchev–Trinajstić information content (AvgIpc) is 2.53. The number of Topliss-reactive ketones (excluding diaryl/α,β-unsaturated/α-hetero) is 1. The summed E-state index contributed by atoms with van der Waals surface area (Å²) in [5, 5.41) is 11.6. The Labute approximate surface area is 148 Å². The van der Waals surface area contributed by atoms with Crippen molar-refractivity contribution < 1.29 is 9.72 Å². The third-order valence-corrected chi connectivity index (χ3v) is 6.10. The van der Waals surface area contributed by atoms with Crippen LogP contribution in [0.5, 0.6) is 0 Å². The average molecular weight is 448 g/mol. The number of carbonyl (C=O) groups is 1. The summed E-state index contributed by atoms with van der Waals surface area (Å²) < 4.78 is 0. The number of carbonyl (C=O) groups excluding carboxylic acids is 1. The fourth-order valence-corrected chi connectivity index (χ4v) is 3.53. The molecule has 0 aliphatic carbocycles. The van der Waals surface area contributed by atoms with Crippen molar-refractivity contribution in [2.45, 2.75) is 9.65 Å². The second-order valence-corrected chi connectivity index (χ2v) is 6.84. The molecular weight excluding hydrogens is 437 g/mol. The minimum absolute atomic E-state index is 0.0610. The van der Waals surface area contributed by atoms with Crippen LogP contribution in [0.1, 0.15) is 20.7 Å². The molecule has 0 fully saturated rings. The summed E-state index contributed by atoms with van der Waals surface area (Å²) in [6, 6.07) is 13.0. The van der Waals surface area contributed by atoms with Crippen LogP contribution in [-0.4, -0.2) is 15.5 Å². The molecule has 0 saturated carbocycles. The fourth-order valence-electron chi connectivity index (χ4n) is 1.98. The molecule has 0 amide bonds. The van der Waals surface area contributed by atoms with Crippen LogP contribution in [0.3, 0.4) is 0 Å². The lowest BCUT2D eigenvalue weighted by Crippen LogP contribution is -2.20. The number of alkyl halides is 2. The standard InChI is InChI=1S/C15H10Br2ClNO3/c16-13(9-5-1-3-7-11(9)18)14(17)15(20)10-6-2-4-8-12(10)19(21)22/h1-8,13-14H/t13-,14+/m1/s1. The maximum absolute atomic E-state index is 12.6. The van der Waals surface area contributed by atoms with E-state index in [0.29, 0.717) is 5.02 Å². The highest BCUT2D eigenvalue weighted by Gasteiger charge is 2.31. The molecular formula is C15H10Br2ClNO3. The molecule has 0 radical (unpaired) electrons. The summed E-state index contributed by atoms with van der Waals surface area (Å²) in [4.78, 5) is 22.0. The maximum Gasteiger partial charge on any atom is 0.280 e. The zero-order valence-corrected chi connectivity index (χ0v) is 15.0. The lowest BCUT2D eigenvalue weighted by Gasteiger charge is -2.17. The second-order valence-electron chi connectivity index (χ2n) is 4.46. The van der Waals surface area contributed by atoms with E-state index >= 15 is 0 Å². The van der Waals surface area contributed by atoms with Crippen LogP contribution in [0, 0.1) is 10.1 Å². The number of ketones is 1. The molecule has 2 aromatic rings. The molecule has 4 nitrogen and oxygen atoms in total. The van der Waals surface area contributed by atoms with Gasteiger partial charge < -0.3 is 0 Å². The molecule has 7 heteroatoms. The molecule has 2 rings (SSSR count). The van der Waals surface area contributed by atoms with Crippen LogP contribution < -0.4 is 0 Å². The Morgan fingerprint density at radius 3 is 2.32 bits per heavy atom. The van der Waals surface area contributed by atoms with Gasteiger partial charge in [0, 0.05) is 11.1 Å². The van der Waals surface area contributed by atoms with Gasteiger partial charge in [0.1, 0.15) is 0 Å². The maximum atomic E-state index is 12.6. The largest absolute Gasteiger partial charge is 0.293 e. The minimum Gasteiger partial charge on any atom is -0.293 e. The van der Waals surface area contributed by atoms with Gasteiger partial charge in [-0.25, -0.2) is 0 Å². The van der Waals surface area contributed by atoms with E-state index < -0.39 is 14.6 Å². The van der Waals surface area contributed by atoms with Crippen LogP contribution in [0.25, 0.3) is 0 Å². The number of nitrogens with zero attached hydrogens (tertiary/aromatic N) is 1. The fraction of sp³-hybridized carbons (Fsp3) is 0.133. The number of halogens is 3. The number of para-hydroxylation sites is 1. The van der Waals surface area contributed by atoms with Gasteiger partial charge in [-0.3, -0.25) is 14.9 Å². The normalized spacial score (nSPS) is 13.4. The van der Waals surface area contributed by atoms with Crippen LogP contribution in [0.15, 0.2) is 48.5 Å². The highest BCUT2D eigenvalue weighted by atomic mass is 79.9. The number of rotatable bonds is 5. The Morgan fingerprint density at radius 2 is 1.68 bits per heavy atom. The van der Waals surface area contributed by atoms with Crippen molar-refractivity contribution in [1.29, 1.82) is 0 Å². The number of hydrogen-bond acceptors (Lipinski definition) is 3. The molecule has 0 spiro atoms. The van der Waals surface area contributed by atoms with E-state index in [9.17, 15) is 14.9 Å². The van der Waals surface area contributed by atoms with Gasteiger partial charge >= 0.3 is 0 Å². The molecule has 0 aliphatic rings. The Balaban J connectivity index is 2.34. The van der Waals surface area contributed by atoms with Gasteiger partial charge in [0.05, 0.1) is 20.1 Å². The van der Waals surface area contributed by atoms with Crippen LogP contribution in [-0.2, 0) is 0 Å². The molecule has 0 N–H and O–H groups in total. The molecule has 0 heterocycles. The minimum atomic E-state index is -0.687. The number of nitro benzene ring substituents is 1. The molecule has 2 aromatic carbocycles. The molecule has 2 atom stereocenters. The van der Waals surface area contributed by atoms with Gasteiger partial charge in [0.15, 0.2) is 5.78 Å². The van der Waals surface area contributed by atoms with Crippen LogP contribution >= 0.6 is 43.5 Å². The summed E-state index contributed by atoms with van der Waals surface area (Å²) in [5.74, 6) is -0.380. The Kier molecular flexibility index (Phi) is 5.72. The van der Waals surface area contributed by atoms with Crippen molar-refractivity contribution in [2.75, 3.05) is 0 Å². The van der Waals surface area contributed by atoms with E-state index in [0.717, 1.165) is 5.56 Å². The van der Waals surface area contributed by atoms with Crippen molar-refractivity contribution in [1.82, 2.24) is 0 Å². The lowest BCUT2D eigenvalue weighted by molar-refractivity contribution is -0.385. The summed E-state index contributed by atoms with van der Waals surface area (Å²) in [6.07, 6.45) is 0. The van der Waals surface area contributed by atoms with E-state index in [1.807, 2.05) is 6.07 Å². The molecule has 0 saturated heterocycles. The number of benzene rings is 2. The van der Waals surface area contributed by atoms with Crippen molar-refractivity contribution in [3.05, 3.63) is 74.8 Å². The van der Waals surface area contributed by atoms with Gasteiger partial charge in [-0.2, -0.15) is 0 Å². The van der Waals surface area contributed by atoms with Crippen molar-refractivity contribution in [3.63, 3.8) is 0 Å². The zero-order valence-electron chi connectivity index (χ0n) is 11.1. The summed E-state index contributed by atoms with van der Waals surface area (Å²) in [6.45, 7) is 0. The smallest absolute Gasteiger partial charge is 0.280 e. The van der Waals surface area contributed by atoms with Crippen LogP contribution in [0.2, 0.25) is 5.02 Å². The quantitative estimate of drug-likeness (QED) is 0.269. The Morgan fingerprint density at radius 1 is 1.09 bits per heavy atom. The highest BCUT2D eigenvalue weighted by molar-refractivity contribution is 9.12. The van der Waals surface area contributed by atoms with Crippen molar-refractivity contribution >= 4 is 54.9 Å². The first-order valence-corrected chi connectivity index (χ1v) is 8.44. The van der Waals surface area contributed by atoms with Crippen molar-refractivity contribution in [3.8, 4) is 0 Å². The third-order valence-electron chi connectivity index (χ3n) is 3.08. The molecule has 0 aromatic heterocycles. The number of nitro groups is 1. The summed E-state index contributed by atoms with van der Waals surface area (Å²) >= 11 is 12.9. The Hall–Kier alpha value is -1.24. The van der Waals surface area contributed by atoms with E-state index in [2.05, 4.69) is 31.9 Å². The van der Waals surface area contributed by atoms with Gasteiger partial charge in [-0.05, 0) is 17.7 Å². The third kappa shape index (κ3) is 3.56. The first kappa shape index (κ1) is 17.1. The van der Waals surface area contributed by atoms with Crippen molar-refractivity contribution in [2.24, 2.45) is 0 Å². The highest BCUT2D eigenvalue weighted by Crippen LogP contribution is 2.37. The first-order valence-electron chi connectivity index (χ1n) is 6.23. The van der Waals surface area contributed by atoms with E-state index in [1.165, 1.54) is 18.2 Å².